The zero-order valence-electron chi connectivity index (χ0n) is 11.9. The van der Waals surface area contributed by atoms with Crippen molar-refractivity contribution in [3.05, 3.63) is 47.2 Å². The minimum Gasteiger partial charge on any atom is -0.382 e. The van der Waals surface area contributed by atoms with E-state index in [1.807, 2.05) is 0 Å². The highest BCUT2D eigenvalue weighted by molar-refractivity contribution is 5.29. The molecule has 0 aromatic rings. The van der Waals surface area contributed by atoms with E-state index in [1.54, 1.807) is 0 Å². The molecule has 0 saturated heterocycles. The summed E-state index contributed by atoms with van der Waals surface area (Å²) < 4.78 is 0. The first-order valence-electron chi connectivity index (χ1n) is 7.20. The molecular weight excluding hydrogens is 218 g/mol. The minimum atomic E-state index is 0.482. The highest BCUT2D eigenvalue weighted by Crippen LogP contribution is 2.22. The zero-order chi connectivity index (χ0) is 13.0. The monoisotopic (exact) mass is 243 g/mol. The Kier molecular flexibility index (Phi) is 4.46. The third-order valence-electron chi connectivity index (χ3n) is 4.04. The Bertz CT molecular complexity index is 409. The van der Waals surface area contributed by atoms with E-state index in [0.717, 1.165) is 12.8 Å². The van der Waals surface area contributed by atoms with Gasteiger partial charge in [-0.05, 0) is 50.2 Å². The van der Waals surface area contributed by atoms with E-state index in [0.29, 0.717) is 12.0 Å². The molecule has 2 rings (SSSR count). The van der Waals surface area contributed by atoms with Crippen molar-refractivity contribution in [2.45, 2.75) is 52.5 Å². The third-order valence-corrected chi connectivity index (χ3v) is 4.04. The predicted molar refractivity (Wildman–Crippen MR) is 79.3 cm³/mol. The van der Waals surface area contributed by atoms with Crippen molar-refractivity contribution in [2.75, 3.05) is 0 Å². The van der Waals surface area contributed by atoms with E-state index in [4.69, 9.17) is 0 Å². The van der Waals surface area contributed by atoms with Crippen LogP contribution in [-0.2, 0) is 0 Å². The molecule has 2 aliphatic rings. The van der Waals surface area contributed by atoms with Gasteiger partial charge >= 0.3 is 0 Å². The van der Waals surface area contributed by atoms with Gasteiger partial charge in [-0.25, -0.2) is 0 Å². The quantitative estimate of drug-likeness (QED) is 0.766. The maximum Gasteiger partial charge on any atom is 0.0479 e. The van der Waals surface area contributed by atoms with Crippen LogP contribution in [0.3, 0.4) is 0 Å². The summed E-state index contributed by atoms with van der Waals surface area (Å²) >= 11 is 0. The molecule has 0 radical (unpaired) electrons. The molecule has 0 amide bonds. The average molecular weight is 243 g/mol. The summed E-state index contributed by atoms with van der Waals surface area (Å²) in [4.78, 5) is 0. The van der Waals surface area contributed by atoms with Crippen LogP contribution >= 0.6 is 0 Å². The second kappa shape index (κ2) is 6.08. The first kappa shape index (κ1) is 13.2. The molecule has 2 aliphatic carbocycles. The molecule has 1 heteroatoms. The molecule has 0 spiro atoms. The number of allylic oxidation sites excluding steroid dienone is 6. The molecule has 0 aromatic heterocycles. The molecule has 1 N–H and O–H groups in total. The second-order valence-corrected chi connectivity index (χ2v) is 5.56. The molecule has 1 nitrogen and oxygen atoms in total. The fraction of sp³-hybridized carbons (Fsp3) is 0.529. The molecule has 0 bridgehead atoms. The van der Waals surface area contributed by atoms with Crippen LogP contribution in [0.1, 0.15) is 46.5 Å². The Balaban J connectivity index is 1.88. The van der Waals surface area contributed by atoms with Crippen LogP contribution in [0.25, 0.3) is 0 Å². The fourth-order valence-corrected chi connectivity index (χ4v) is 2.44. The predicted octanol–water partition coefficient (Wildman–Crippen LogP) is 4.50. The normalized spacial score (nSPS) is 25.1. The lowest BCUT2D eigenvalue weighted by Gasteiger charge is -2.23. The first-order chi connectivity index (χ1) is 8.69. The topological polar surface area (TPSA) is 12.0 Å². The number of rotatable bonds is 4. The van der Waals surface area contributed by atoms with Gasteiger partial charge in [0.15, 0.2) is 0 Å². The maximum atomic E-state index is 3.64. The summed E-state index contributed by atoms with van der Waals surface area (Å²) in [6.07, 6.45) is 16.2. The summed E-state index contributed by atoms with van der Waals surface area (Å²) in [6, 6.07) is 0.482. The lowest BCUT2D eigenvalue weighted by molar-refractivity contribution is 0.614. The summed E-state index contributed by atoms with van der Waals surface area (Å²) in [5, 5.41) is 3.64. The Morgan fingerprint density at radius 2 is 2.17 bits per heavy atom. The summed E-state index contributed by atoms with van der Waals surface area (Å²) in [5.74, 6) is 0.696. The van der Waals surface area contributed by atoms with E-state index in [-0.39, 0.29) is 0 Å². The minimum absolute atomic E-state index is 0.482. The van der Waals surface area contributed by atoms with Crippen molar-refractivity contribution in [2.24, 2.45) is 5.92 Å². The molecule has 0 aliphatic heterocycles. The van der Waals surface area contributed by atoms with Gasteiger partial charge in [0.25, 0.3) is 0 Å². The van der Waals surface area contributed by atoms with Crippen molar-refractivity contribution in [1.82, 2.24) is 5.32 Å². The summed E-state index contributed by atoms with van der Waals surface area (Å²) in [7, 11) is 0. The molecule has 0 saturated carbocycles. The molecular formula is C17H25N. The number of hydrogen-bond acceptors (Lipinski definition) is 1. The first-order valence-corrected chi connectivity index (χ1v) is 7.20. The van der Waals surface area contributed by atoms with Gasteiger partial charge < -0.3 is 5.32 Å². The Morgan fingerprint density at radius 3 is 2.72 bits per heavy atom. The second-order valence-electron chi connectivity index (χ2n) is 5.56. The highest BCUT2D eigenvalue weighted by Gasteiger charge is 2.13. The van der Waals surface area contributed by atoms with E-state index < -0.39 is 0 Å². The smallest absolute Gasteiger partial charge is 0.0479 e. The Hall–Kier alpha value is -1.24. The standard InChI is InChI=1S/C17H25N/c1-4-14(3)15-7-11-17(12-8-15)18-16-9-5-13(2)6-10-16/h5,7-9,11,14,17-18H,4,6,10,12H2,1-3H3. The van der Waals surface area contributed by atoms with Crippen molar-refractivity contribution in [3.8, 4) is 0 Å². The van der Waals surface area contributed by atoms with Gasteiger partial charge in [-0.2, -0.15) is 0 Å². The fourth-order valence-electron chi connectivity index (χ4n) is 2.44. The van der Waals surface area contributed by atoms with E-state index in [9.17, 15) is 0 Å². The van der Waals surface area contributed by atoms with Gasteiger partial charge in [0.2, 0.25) is 0 Å². The maximum absolute atomic E-state index is 3.64. The Labute approximate surface area is 111 Å². The van der Waals surface area contributed by atoms with Gasteiger partial charge in [0.05, 0.1) is 0 Å². The van der Waals surface area contributed by atoms with Crippen LogP contribution in [0.5, 0.6) is 0 Å². The molecule has 2 atom stereocenters. The van der Waals surface area contributed by atoms with Crippen molar-refractivity contribution < 1.29 is 0 Å². The number of hydrogen-bond donors (Lipinski definition) is 1. The molecule has 98 valence electrons. The molecule has 0 heterocycles. The van der Waals surface area contributed by atoms with Gasteiger partial charge in [-0.3, -0.25) is 0 Å². The lowest BCUT2D eigenvalue weighted by Crippen LogP contribution is -2.28. The SMILES string of the molecule is CCC(C)C1=CCC(NC2=CC=C(C)CC2)C=C1. The van der Waals surface area contributed by atoms with E-state index >= 15 is 0 Å². The Morgan fingerprint density at radius 1 is 1.33 bits per heavy atom. The van der Waals surface area contributed by atoms with E-state index in [1.165, 1.54) is 29.7 Å². The molecule has 0 aromatic carbocycles. The third kappa shape index (κ3) is 3.38. The van der Waals surface area contributed by atoms with E-state index in [2.05, 4.69) is 56.5 Å². The van der Waals surface area contributed by atoms with Crippen molar-refractivity contribution in [1.29, 1.82) is 0 Å². The average Bonchev–Trinajstić information content (AvgIpc) is 2.41. The van der Waals surface area contributed by atoms with Crippen LogP contribution in [0.2, 0.25) is 0 Å². The summed E-state index contributed by atoms with van der Waals surface area (Å²) in [5.41, 5.74) is 4.37. The number of nitrogens with one attached hydrogen (secondary N) is 1. The lowest BCUT2D eigenvalue weighted by atomic mass is 9.92. The van der Waals surface area contributed by atoms with Crippen LogP contribution in [-0.4, -0.2) is 6.04 Å². The largest absolute Gasteiger partial charge is 0.382 e. The van der Waals surface area contributed by atoms with Gasteiger partial charge in [-0.1, -0.05) is 43.7 Å². The van der Waals surface area contributed by atoms with Crippen molar-refractivity contribution >= 4 is 0 Å². The molecule has 18 heavy (non-hydrogen) atoms. The molecule has 0 fully saturated rings. The van der Waals surface area contributed by atoms with Gasteiger partial charge in [0, 0.05) is 11.7 Å². The van der Waals surface area contributed by atoms with Gasteiger partial charge in [-0.15, -0.1) is 0 Å². The summed E-state index contributed by atoms with van der Waals surface area (Å²) in [6.45, 7) is 6.77. The highest BCUT2D eigenvalue weighted by atomic mass is 14.9. The van der Waals surface area contributed by atoms with Crippen LogP contribution in [0.4, 0.5) is 0 Å². The van der Waals surface area contributed by atoms with Crippen molar-refractivity contribution in [3.63, 3.8) is 0 Å². The van der Waals surface area contributed by atoms with Crippen LogP contribution in [0.15, 0.2) is 47.2 Å². The zero-order valence-corrected chi connectivity index (χ0v) is 11.9. The van der Waals surface area contributed by atoms with Gasteiger partial charge in [0.1, 0.15) is 0 Å². The van der Waals surface area contributed by atoms with Crippen LogP contribution < -0.4 is 5.32 Å². The van der Waals surface area contributed by atoms with Crippen LogP contribution in [0, 0.1) is 5.92 Å². The molecule has 2 unspecified atom stereocenters.